The van der Waals surface area contributed by atoms with E-state index in [1.54, 1.807) is 0 Å². The highest BCUT2D eigenvalue weighted by molar-refractivity contribution is 6.88. The molecule has 8 heteroatoms. The van der Waals surface area contributed by atoms with Gasteiger partial charge < -0.3 is 17.7 Å². The first-order valence-electron chi connectivity index (χ1n) is 10.2. The lowest BCUT2D eigenvalue weighted by molar-refractivity contribution is -0.139. The van der Waals surface area contributed by atoms with E-state index in [4.69, 9.17) is 17.7 Å². The van der Waals surface area contributed by atoms with Crippen molar-refractivity contribution in [2.75, 3.05) is 19.8 Å². The van der Waals surface area contributed by atoms with E-state index in [9.17, 15) is 4.79 Å². The van der Waals surface area contributed by atoms with Gasteiger partial charge in [0.25, 0.3) is 0 Å². The monoisotopic (exact) mass is 434 g/mol. The summed E-state index contributed by atoms with van der Waals surface area (Å²) < 4.78 is 24.1. The second kappa shape index (κ2) is 13.1. The SMILES string of the molecule is C=CC(=O)OCCOCCC[Si](CCCCC)(O[Si](C)(C)C)O[Si](C)(C)C. The van der Waals surface area contributed by atoms with Gasteiger partial charge in [-0.2, -0.15) is 0 Å². The van der Waals surface area contributed by atoms with Crippen molar-refractivity contribution in [3.05, 3.63) is 12.7 Å². The van der Waals surface area contributed by atoms with Gasteiger partial charge in [-0.15, -0.1) is 0 Å². The first-order chi connectivity index (χ1) is 12.4. The maximum absolute atomic E-state index is 11.0. The average molecular weight is 435 g/mol. The highest BCUT2D eigenvalue weighted by Gasteiger charge is 2.43. The number of hydrogen-bond acceptors (Lipinski definition) is 5. The third kappa shape index (κ3) is 15.4. The molecule has 0 aliphatic heterocycles. The number of esters is 1. The van der Waals surface area contributed by atoms with Gasteiger partial charge in [0, 0.05) is 12.7 Å². The molecule has 0 bridgehead atoms. The van der Waals surface area contributed by atoms with Crippen LogP contribution in [0.15, 0.2) is 12.7 Å². The first kappa shape index (κ1) is 26.7. The summed E-state index contributed by atoms with van der Waals surface area (Å²) in [5, 5.41) is 0. The summed E-state index contributed by atoms with van der Waals surface area (Å²) in [4.78, 5) is 11.0. The minimum absolute atomic E-state index is 0.265. The van der Waals surface area contributed by atoms with E-state index in [-0.39, 0.29) is 6.61 Å². The van der Waals surface area contributed by atoms with Gasteiger partial charge in [0.15, 0.2) is 16.6 Å². The predicted molar refractivity (Wildman–Crippen MR) is 120 cm³/mol. The number of unbranched alkanes of at least 4 members (excludes halogenated alkanes) is 2. The Morgan fingerprint density at radius 1 is 0.852 bits per heavy atom. The summed E-state index contributed by atoms with van der Waals surface area (Å²) in [5.41, 5.74) is 0. The Morgan fingerprint density at radius 3 is 1.89 bits per heavy atom. The Balaban J connectivity index is 4.74. The third-order valence-corrected chi connectivity index (χ3v) is 13.7. The maximum Gasteiger partial charge on any atom is 0.330 e. The largest absolute Gasteiger partial charge is 0.460 e. The van der Waals surface area contributed by atoms with E-state index >= 15 is 0 Å². The average Bonchev–Trinajstić information content (AvgIpc) is 2.50. The normalized spacial score (nSPS) is 12.9. The molecular formula is C19H42O5Si3. The predicted octanol–water partition coefficient (Wildman–Crippen LogP) is 5.46. The Kier molecular flexibility index (Phi) is 12.9. The Hall–Kier alpha value is -0.259. The lowest BCUT2D eigenvalue weighted by atomic mass is 10.3. The smallest absolute Gasteiger partial charge is 0.330 e. The van der Waals surface area contributed by atoms with Crippen molar-refractivity contribution in [1.82, 2.24) is 0 Å². The summed E-state index contributed by atoms with van der Waals surface area (Å²) in [6.07, 6.45) is 5.69. The number of carbonyl (C=O) groups excluding carboxylic acids is 1. The van der Waals surface area contributed by atoms with E-state index in [1.807, 2.05) is 0 Å². The molecule has 0 saturated carbocycles. The van der Waals surface area contributed by atoms with E-state index < -0.39 is 31.2 Å². The van der Waals surface area contributed by atoms with Gasteiger partial charge in [-0.25, -0.2) is 4.79 Å². The molecule has 0 unspecified atom stereocenters. The molecule has 0 aromatic rings. The molecule has 0 spiro atoms. The van der Waals surface area contributed by atoms with Crippen LogP contribution in [0.5, 0.6) is 0 Å². The molecule has 0 aromatic carbocycles. The van der Waals surface area contributed by atoms with E-state index in [2.05, 4.69) is 52.8 Å². The van der Waals surface area contributed by atoms with Gasteiger partial charge in [-0.3, -0.25) is 0 Å². The molecule has 0 aliphatic rings. The molecular weight excluding hydrogens is 392 g/mol. The first-order valence-corrected chi connectivity index (χ1v) is 19.2. The minimum Gasteiger partial charge on any atom is -0.460 e. The summed E-state index contributed by atoms with van der Waals surface area (Å²) in [5.74, 6) is -0.409. The quantitative estimate of drug-likeness (QED) is 0.140. The fraction of sp³-hybridized carbons (Fsp3) is 0.842. The zero-order valence-electron chi connectivity index (χ0n) is 18.7. The van der Waals surface area contributed by atoms with Crippen molar-refractivity contribution in [2.45, 2.75) is 84.0 Å². The molecule has 0 N–H and O–H groups in total. The molecule has 0 atom stereocenters. The standard InChI is InChI=1S/C19H42O5Si3/c1-9-11-12-17-27(23-25(3,4)5,24-26(6,7)8)18-13-14-21-15-16-22-19(20)10-2/h10H,2,9,11-18H2,1,3-8H3. The van der Waals surface area contributed by atoms with Crippen LogP contribution in [0, 0.1) is 0 Å². The van der Waals surface area contributed by atoms with Gasteiger partial charge >= 0.3 is 14.5 Å². The Labute approximate surface area is 170 Å². The summed E-state index contributed by atoms with van der Waals surface area (Å²) >= 11 is 0. The number of ether oxygens (including phenoxy) is 2. The van der Waals surface area contributed by atoms with Gasteiger partial charge in [-0.05, 0) is 57.8 Å². The van der Waals surface area contributed by atoms with Crippen molar-refractivity contribution < 1.29 is 22.5 Å². The molecule has 27 heavy (non-hydrogen) atoms. The summed E-state index contributed by atoms with van der Waals surface area (Å²) in [6, 6.07) is 2.05. The van der Waals surface area contributed by atoms with Crippen molar-refractivity contribution in [3.8, 4) is 0 Å². The van der Waals surface area contributed by atoms with E-state index in [0.717, 1.165) is 24.6 Å². The second-order valence-corrected chi connectivity index (χ2v) is 21.8. The molecule has 0 heterocycles. The van der Waals surface area contributed by atoms with Crippen LogP contribution in [-0.2, 0) is 22.5 Å². The molecule has 160 valence electrons. The van der Waals surface area contributed by atoms with Gasteiger partial charge in [0.2, 0.25) is 0 Å². The van der Waals surface area contributed by atoms with Crippen LogP contribution in [-0.4, -0.2) is 51.0 Å². The molecule has 0 saturated heterocycles. The summed E-state index contributed by atoms with van der Waals surface area (Å²) in [7, 11) is -5.65. The lowest BCUT2D eigenvalue weighted by Crippen LogP contribution is -2.54. The zero-order chi connectivity index (χ0) is 21.0. The maximum atomic E-state index is 11.0. The van der Waals surface area contributed by atoms with Crippen LogP contribution in [0.2, 0.25) is 51.4 Å². The van der Waals surface area contributed by atoms with Crippen molar-refractivity contribution in [1.29, 1.82) is 0 Å². The molecule has 0 aliphatic carbocycles. The molecule has 0 aromatic heterocycles. The van der Waals surface area contributed by atoms with Crippen LogP contribution >= 0.6 is 0 Å². The molecule has 0 radical (unpaired) electrons. The van der Waals surface area contributed by atoms with Crippen LogP contribution in [0.25, 0.3) is 0 Å². The highest BCUT2D eigenvalue weighted by atomic mass is 28.5. The fourth-order valence-electron chi connectivity index (χ4n) is 2.92. The van der Waals surface area contributed by atoms with E-state index in [1.165, 1.54) is 19.3 Å². The lowest BCUT2D eigenvalue weighted by Gasteiger charge is -2.41. The number of hydrogen-bond donors (Lipinski definition) is 0. The topological polar surface area (TPSA) is 54.0 Å². The molecule has 0 fully saturated rings. The van der Waals surface area contributed by atoms with Gasteiger partial charge in [0.1, 0.15) is 6.61 Å². The van der Waals surface area contributed by atoms with Crippen LogP contribution in [0.1, 0.15) is 32.6 Å². The van der Waals surface area contributed by atoms with Crippen LogP contribution < -0.4 is 0 Å². The third-order valence-electron chi connectivity index (χ3n) is 3.63. The van der Waals surface area contributed by atoms with Gasteiger partial charge in [0.05, 0.1) is 6.61 Å². The molecule has 5 nitrogen and oxygen atoms in total. The minimum atomic E-state index is -2.25. The Morgan fingerprint density at radius 2 is 1.41 bits per heavy atom. The number of rotatable bonds is 16. The van der Waals surface area contributed by atoms with Crippen molar-refractivity contribution in [2.24, 2.45) is 0 Å². The van der Waals surface area contributed by atoms with Crippen molar-refractivity contribution >= 4 is 31.2 Å². The second-order valence-electron chi connectivity index (χ2n) is 8.88. The Bertz CT molecular complexity index is 414. The highest BCUT2D eigenvalue weighted by Crippen LogP contribution is 2.31. The van der Waals surface area contributed by atoms with Crippen LogP contribution in [0.3, 0.4) is 0 Å². The van der Waals surface area contributed by atoms with Crippen LogP contribution in [0.4, 0.5) is 0 Å². The van der Waals surface area contributed by atoms with E-state index in [0.29, 0.717) is 13.2 Å². The van der Waals surface area contributed by atoms with Crippen molar-refractivity contribution in [3.63, 3.8) is 0 Å². The zero-order valence-corrected chi connectivity index (χ0v) is 21.7. The number of carbonyl (C=O) groups is 1. The summed E-state index contributed by atoms with van der Waals surface area (Å²) in [6.45, 7) is 20.5. The molecule has 0 amide bonds. The fourth-order valence-corrected chi connectivity index (χ4v) is 15.7. The molecule has 0 rings (SSSR count). The van der Waals surface area contributed by atoms with Gasteiger partial charge in [-0.1, -0.05) is 32.8 Å².